The van der Waals surface area contributed by atoms with Crippen LogP contribution in [0.15, 0.2) is 36.4 Å². The Hall–Kier alpha value is -1.81. The molecule has 0 bridgehead atoms. The Bertz CT molecular complexity index is 487. The van der Waals surface area contributed by atoms with Crippen molar-refractivity contribution in [3.8, 4) is 0 Å². The first-order chi connectivity index (χ1) is 9.08. The zero-order chi connectivity index (χ0) is 14.1. The fraction of sp³-hybridized carbons (Fsp3) is 0.200. The molecule has 1 rings (SSSR count). The van der Waals surface area contributed by atoms with Crippen LogP contribution in [0.4, 0.5) is 0 Å². The molecule has 1 aromatic rings. The number of aliphatic carboxylic acids is 1. The van der Waals surface area contributed by atoms with Crippen LogP contribution in [-0.4, -0.2) is 21.9 Å². The van der Waals surface area contributed by atoms with Crippen LogP contribution in [-0.2, 0) is 9.59 Å². The van der Waals surface area contributed by atoms with Gasteiger partial charge in [0.15, 0.2) is 5.12 Å². The van der Waals surface area contributed by atoms with Gasteiger partial charge in [0.25, 0.3) is 0 Å². The Morgan fingerprint density at radius 2 is 1.74 bits per heavy atom. The second kappa shape index (κ2) is 8.32. The maximum Gasteiger partial charge on any atom is 0.328 e. The van der Waals surface area contributed by atoms with Gasteiger partial charge in [-0.15, -0.1) is 0 Å². The van der Waals surface area contributed by atoms with Crippen molar-refractivity contribution in [2.75, 3.05) is 5.75 Å². The molecule has 0 unspecified atom stereocenters. The smallest absolute Gasteiger partial charge is 0.328 e. The largest absolute Gasteiger partial charge is 0.478 e. The molecule has 100 valence electrons. The van der Waals surface area contributed by atoms with Gasteiger partial charge < -0.3 is 5.11 Å². The molecule has 0 aliphatic rings. The summed E-state index contributed by atoms with van der Waals surface area (Å²) in [6.45, 7) is 1.57. The second-order valence-electron chi connectivity index (χ2n) is 3.87. The highest BCUT2D eigenvalue weighted by molar-refractivity contribution is 8.13. The van der Waals surface area contributed by atoms with E-state index in [4.69, 9.17) is 5.11 Å². The van der Waals surface area contributed by atoms with E-state index in [9.17, 15) is 9.59 Å². The number of hydrogen-bond donors (Lipinski definition) is 1. The number of hydrogen-bond acceptors (Lipinski definition) is 3. The third kappa shape index (κ3) is 7.26. The van der Waals surface area contributed by atoms with Crippen LogP contribution in [0.2, 0.25) is 0 Å². The molecule has 19 heavy (non-hydrogen) atoms. The van der Waals surface area contributed by atoms with Gasteiger partial charge >= 0.3 is 5.97 Å². The fourth-order valence-corrected chi connectivity index (χ4v) is 1.92. The second-order valence-corrected chi connectivity index (χ2v) is 5.14. The molecular formula is C15H16O3S. The van der Waals surface area contributed by atoms with Crippen LogP contribution in [0, 0.1) is 0 Å². The molecule has 3 nitrogen and oxygen atoms in total. The molecule has 0 fully saturated rings. The molecule has 0 atom stereocenters. The highest BCUT2D eigenvalue weighted by Gasteiger charge is 1.92. The lowest BCUT2D eigenvalue weighted by Crippen LogP contribution is -1.85. The third-order valence-corrected chi connectivity index (χ3v) is 3.10. The summed E-state index contributed by atoms with van der Waals surface area (Å²) in [6.07, 6.45) is 7.54. The first-order valence-corrected chi connectivity index (χ1v) is 6.87. The average Bonchev–Trinajstić information content (AvgIpc) is 2.37. The number of carboxylic acids is 1. The molecule has 0 saturated heterocycles. The van der Waals surface area contributed by atoms with Crippen LogP contribution in [0.5, 0.6) is 0 Å². The van der Waals surface area contributed by atoms with Crippen molar-refractivity contribution in [1.29, 1.82) is 0 Å². The average molecular weight is 276 g/mol. The topological polar surface area (TPSA) is 54.4 Å². The van der Waals surface area contributed by atoms with Crippen molar-refractivity contribution < 1.29 is 14.7 Å². The van der Waals surface area contributed by atoms with Crippen molar-refractivity contribution in [2.24, 2.45) is 0 Å². The van der Waals surface area contributed by atoms with Gasteiger partial charge in [0.2, 0.25) is 0 Å². The minimum atomic E-state index is -0.952. The SMILES string of the molecule is CC(=O)SCCC=Cc1ccc(/C=C/C(=O)O)cc1. The first-order valence-electron chi connectivity index (χ1n) is 5.89. The number of rotatable bonds is 6. The molecule has 0 aromatic heterocycles. The van der Waals surface area contributed by atoms with Crippen LogP contribution in [0.25, 0.3) is 12.2 Å². The number of carbonyl (C=O) groups is 2. The van der Waals surface area contributed by atoms with E-state index in [-0.39, 0.29) is 5.12 Å². The monoisotopic (exact) mass is 276 g/mol. The van der Waals surface area contributed by atoms with Crippen LogP contribution < -0.4 is 0 Å². The lowest BCUT2D eigenvalue weighted by atomic mass is 10.1. The Morgan fingerprint density at radius 3 is 2.26 bits per heavy atom. The summed E-state index contributed by atoms with van der Waals surface area (Å²) in [7, 11) is 0. The Kier molecular flexibility index (Phi) is 6.68. The quantitative estimate of drug-likeness (QED) is 0.638. The minimum absolute atomic E-state index is 0.142. The molecule has 0 heterocycles. The molecule has 0 aliphatic heterocycles. The number of carbonyl (C=O) groups excluding carboxylic acids is 1. The maximum absolute atomic E-state index is 10.7. The summed E-state index contributed by atoms with van der Waals surface area (Å²) >= 11 is 1.32. The van der Waals surface area contributed by atoms with E-state index in [1.54, 1.807) is 13.0 Å². The van der Waals surface area contributed by atoms with E-state index >= 15 is 0 Å². The van der Waals surface area contributed by atoms with Crippen molar-refractivity contribution in [3.63, 3.8) is 0 Å². The van der Waals surface area contributed by atoms with Crippen LogP contribution in [0.1, 0.15) is 24.5 Å². The van der Waals surface area contributed by atoms with Crippen molar-refractivity contribution in [1.82, 2.24) is 0 Å². The van der Waals surface area contributed by atoms with Crippen molar-refractivity contribution >= 4 is 35.0 Å². The number of benzene rings is 1. The van der Waals surface area contributed by atoms with Gasteiger partial charge in [0.1, 0.15) is 0 Å². The highest BCUT2D eigenvalue weighted by atomic mass is 32.2. The maximum atomic E-state index is 10.7. The normalized spacial score (nSPS) is 11.2. The summed E-state index contributed by atoms with van der Waals surface area (Å²) in [4.78, 5) is 21.1. The standard InChI is InChI=1S/C15H16O3S/c1-12(16)19-11-3-2-4-13-5-7-14(8-6-13)9-10-15(17)18/h2,4-10H,3,11H2,1H3,(H,17,18)/b4-2?,10-9+. The molecular weight excluding hydrogens is 260 g/mol. The Balaban J connectivity index is 2.45. The zero-order valence-corrected chi connectivity index (χ0v) is 11.5. The fourth-order valence-electron chi connectivity index (χ4n) is 1.38. The summed E-state index contributed by atoms with van der Waals surface area (Å²) in [5, 5.41) is 8.65. The zero-order valence-electron chi connectivity index (χ0n) is 10.7. The van der Waals surface area contributed by atoms with Gasteiger partial charge in [0, 0.05) is 18.8 Å². The van der Waals surface area contributed by atoms with Gasteiger partial charge in [-0.05, 0) is 23.6 Å². The summed E-state index contributed by atoms with van der Waals surface area (Å²) in [5.74, 6) is -0.155. The lowest BCUT2D eigenvalue weighted by molar-refractivity contribution is -0.131. The Morgan fingerprint density at radius 1 is 1.16 bits per heavy atom. The van der Waals surface area contributed by atoms with Crippen LogP contribution >= 0.6 is 11.8 Å². The molecule has 0 saturated carbocycles. The number of carboxylic acid groups (broad SMARTS) is 1. The third-order valence-electron chi connectivity index (χ3n) is 2.25. The molecule has 4 heteroatoms. The molecule has 1 aromatic carbocycles. The van der Waals surface area contributed by atoms with Gasteiger partial charge in [-0.1, -0.05) is 48.2 Å². The van der Waals surface area contributed by atoms with E-state index in [1.165, 1.54) is 11.8 Å². The van der Waals surface area contributed by atoms with E-state index in [0.29, 0.717) is 0 Å². The predicted molar refractivity (Wildman–Crippen MR) is 79.9 cm³/mol. The molecule has 1 N–H and O–H groups in total. The van der Waals surface area contributed by atoms with E-state index < -0.39 is 5.97 Å². The van der Waals surface area contributed by atoms with Gasteiger partial charge in [-0.3, -0.25) is 4.79 Å². The molecule has 0 aliphatic carbocycles. The molecule has 0 amide bonds. The molecule has 0 spiro atoms. The minimum Gasteiger partial charge on any atom is -0.478 e. The predicted octanol–water partition coefficient (Wildman–Crippen LogP) is 3.47. The number of thioether (sulfide) groups is 1. The van der Waals surface area contributed by atoms with E-state index in [0.717, 1.165) is 29.4 Å². The highest BCUT2D eigenvalue weighted by Crippen LogP contribution is 2.09. The van der Waals surface area contributed by atoms with Crippen molar-refractivity contribution in [2.45, 2.75) is 13.3 Å². The van der Waals surface area contributed by atoms with Crippen molar-refractivity contribution in [3.05, 3.63) is 47.5 Å². The van der Waals surface area contributed by atoms with Crippen LogP contribution in [0.3, 0.4) is 0 Å². The van der Waals surface area contributed by atoms with E-state index in [2.05, 4.69) is 0 Å². The Labute approximate surface area is 117 Å². The lowest BCUT2D eigenvalue weighted by Gasteiger charge is -1.96. The van der Waals surface area contributed by atoms with Gasteiger partial charge in [-0.2, -0.15) is 0 Å². The summed E-state index contributed by atoms with van der Waals surface area (Å²) in [5.41, 5.74) is 1.91. The number of allylic oxidation sites excluding steroid dienone is 1. The van der Waals surface area contributed by atoms with E-state index in [1.807, 2.05) is 36.4 Å². The molecule has 0 radical (unpaired) electrons. The summed E-state index contributed by atoms with van der Waals surface area (Å²) < 4.78 is 0. The summed E-state index contributed by atoms with van der Waals surface area (Å²) in [6, 6.07) is 7.58. The van der Waals surface area contributed by atoms with Gasteiger partial charge in [-0.25, -0.2) is 4.79 Å². The first kappa shape index (κ1) is 15.2. The van der Waals surface area contributed by atoms with Gasteiger partial charge in [0.05, 0.1) is 0 Å².